The van der Waals surface area contributed by atoms with Crippen LogP contribution in [0.2, 0.25) is 10.0 Å². The van der Waals surface area contributed by atoms with Crippen molar-refractivity contribution in [3.63, 3.8) is 0 Å². The Bertz CT molecular complexity index is 1290. The lowest BCUT2D eigenvalue weighted by Gasteiger charge is -2.16. The van der Waals surface area contributed by atoms with Crippen LogP contribution in [0.1, 0.15) is 23.2 Å². The smallest absolute Gasteiger partial charge is 0.369 e. The topological polar surface area (TPSA) is 91.3 Å². The highest BCUT2D eigenvalue weighted by Crippen LogP contribution is 2.67. The summed E-state index contributed by atoms with van der Waals surface area (Å²) in [5.41, 5.74) is -2.99. The first-order valence-corrected chi connectivity index (χ1v) is 11.5. The molecule has 1 atom stereocenters. The van der Waals surface area contributed by atoms with E-state index in [4.69, 9.17) is 23.2 Å². The number of nitriles is 1. The molecular weight excluding hydrogens is 516 g/mol. The lowest BCUT2D eigenvalue weighted by Crippen LogP contribution is -2.27. The molecule has 0 saturated heterocycles. The molecule has 178 valence electrons. The summed E-state index contributed by atoms with van der Waals surface area (Å²) in [6.45, 7) is 0. The number of hydrogen-bond donors (Lipinski definition) is 0. The van der Waals surface area contributed by atoms with Gasteiger partial charge in [-0.25, -0.2) is 26.9 Å². The van der Waals surface area contributed by atoms with Crippen LogP contribution in [-0.4, -0.2) is 55.7 Å². The van der Waals surface area contributed by atoms with E-state index in [9.17, 15) is 35.6 Å². The maximum Gasteiger partial charge on any atom is 0.416 e. The van der Waals surface area contributed by atoms with E-state index >= 15 is 0 Å². The zero-order valence-electron chi connectivity index (χ0n) is 17.0. The number of nitrogens with zero attached hydrogens (tertiary/aromatic N) is 5. The molecule has 0 aliphatic heterocycles. The lowest BCUT2D eigenvalue weighted by molar-refractivity contribution is -0.137. The van der Waals surface area contributed by atoms with Gasteiger partial charge < -0.3 is 4.90 Å². The fourth-order valence-electron chi connectivity index (χ4n) is 3.36. The fourth-order valence-corrected chi connectivity index (χ4v) is 5.56. The molecule has 1 heterocycles. The first-order chi connectivity index (χ1) is 15.0. The van der Waals surface area contributed by atoms with Crippen LogP contribution in [0.3, 0.4) is 0 Å². The lowest BCUT2D eigenvalue weighted by atomic mass is 10.1. The van der Waals surface area contributed by atoms with Gasteiger partial charge in [0.25, 0.3) is 5.92 Å². The molecule has 3 rings (SSSR count). The van der Waals surface area contributed by atoms with Gasteiger partial charge in [0.05, 0.1) is 27.5 Å². The van der Waals surface area contributed by atoms with Crippen LogP contribution < -0.4 is 0 Å². The highest BCUT2D eigenvalue weighted by atomic mass is 35.5. The molecule has 0 amide bonds. The van der Waals surface area contributed by atoms with E-state index in [2.05, 4.69) is 10.1 Å². The summed E-state index contributed by atoms with van der Waals surface area (Å²) < 4.78 is 91.2. The molecule has 1 unspecified atom stereocenters. The van der Waals surface area contributed by atoms with Crippen molar-refractivity contribution in [2.24, 2.45) is 4.99 Å². The summed E-state index contributed by atoms with van der Waals surface area (Å²) in [5, 5.41) is 12.2. The van der Waals surface area contributed by atoms with Crippen LogP contribution in [0.25, 0.3) is 5.69 Å². The molecule has 1 saturated carbocycles. The Hall–Kier alpha value is -2.43. The molecule has 1 aromatic heterocycles. The molecule has 2 aromatic rings. The minimum Gasteiger partial charge on any atom is -0.369 e. The van der Waals surface area contributed by atoms with Crippen LogP contribution in [0.15, 0.2) is 17.1 Å². The summed E-state index contributed by atoms with van der Waals surface area (Å²) in [6.07, 6.45) is -4.22. The Morgan fingerprint density at radius 1 is 1.27 bits per heavy atom. The van der Waals surface area contributed by atoms with Gasteiger partial charge in [-0.05, 0) is 12.1 Å². The van der Waals surface area contributed by atoms with Gasteiger partial charge in [0.1, 0.15) is 11.8 Å². The van der Waals surface area contributed by atoms with Crippen LogP contribution in [0.5, 0.6) is 0 Å². The van der Waals surface area contributed by atoms with Gasteiger partial charge in [-0.2, -0.15) is 23.5 Å². The molecule has 0 N–H and O–H groups in total. The molecular formula is C18H14Cl2F5N5O2S. The highest BCUT2D eigenvalue weighted by molar-refractivity contribution is 7.92. The zero-order valence-corrected chi connectivity index (χ0v) is 19.4. The minimum atomic E-state index is -4.79. The normalized spacial score (nSPS) is 20.2. The number of sulfone groups is 1. The van der Waals surface area contributed by atoms with Gasteiger partial charge in [0.2, 0.25) is 0 Å². The number of rotatable bonds is 5. The average molecular weight is 530 g/mol. The summed E-state index contributed by atoms with van der Waals surface area (Å²) in [7, 11) is -1.48. The van der Waals surface area contributed by atoms with Crippen molar-refractivity contribution in [3.8, 4) is 11.8 Å². The molecule has 1 aromatic carbocycles. The summed E-state index contributed by atoms with van der Waals surface area (Å²) >= 11 is 12.1. The van der Waals surface area contributed by atoms with Crippen molar-refractivity contribution in [2.75, 3.05) is 20.4 Å². The predicted molar refractivity (Wildman–Crippen MR) is 111 cm³/mol. The SMILES string of the molecule is CN(C)C=Nc1c(C2(S(C)(=O)=O)CC2(F)F)c(C#N)nn1-c1c(Cl)cc(C(F)(F)F)cc1Cl. The summed E-state index contributed by atoms with van der Waals surface area (Å²) in [5.74, 6) is -4.28. The van der Waals surface area contributed by atoms with Crippen LogP contribution in [0, 0.1) is 11.3 Å². The Morgan fingerprint density at radius 2 is 1.79 bits per heavy atom. The average Bonchev–Trinajstić information content (AvgIpc) is 3.07. The van der Waals surface area contributed by atoms with Crippen molar-refractivity contribution in [1.82, 2.24) is 14.7 Å². The molecule has 1 fully saturated rings. The summed E-state index contributed by atoms with van der Waals surface area (Å²) in [4.78, 5) is 5.38. The second kappa shape index (κ2) is 7.82. The van der Waals surface area contributed by atoms with Crippen molar-refractivity contribution < 1.29 is 30.4 Å². The van der Waals surface area contributed by atoms with E-state index < -0.39 is 71.5 Å². The van der Waals surface area contributed by atoms with E-state index in [0.717, 1.165) is 6.34 Å². The molecule has 0 radical (unpaired) electrons. The molecule has 0 spiro atoms. The number of halogens is 7. The Labute approximate surface area is 194 Å². The first-order valence-electron chi connectivity index (χ1n) is 8.86. The maximum atomic E-state index is 14.5. The third-order valence-electron chi connectivity index (χ3n) is 4.91. The zero-order chi connectivity index (χ0) is 25.1. The number of aromatic nitrogens is 2. The van der Waals surface area contributed by atoms with Crippen LogP contribution >= 0.6 is 23.2 Å². The molecule has 1 aliphatic rings. The van der Waals surface area contributed by atoms with Gasteiger partial charge in [-0.1, -0.05) is 23.2 Å². The molecule has 1 aliphatic carbocycles. The monoisotopic (exact) mass is 529 g/mol. The van der Waals surface area contributed by atoms with Crippen LogP contribution in [-0.2, 0) is 20.8 Å². The van der Waals surface area contributed by atoms with Crippen molar-refractivity contribution >= 4 is 45.2 Å². The van der Waals surface area contributed by atoms with E-state index in [-0.39, 0.29) is 0 Å². The molecule has 15 heteroatoms. The van der Waals surface area contributed by atoms with Crippen molar-refractivity contribution in [3.05, 3.63) is 39.0 Å². The fraction of sp³-hybridized carbons (Fsp3) is 0.389. The predicted octanol–water partition coefficient (Wildman–Crippen LogP) is 4.57. The summed E-state index contributed by atoms with van der Waals surface area (Å²) in [6, 6.07) is 2.63. The largest absolute Gasteiger partial charge is 0.416 e. The third-order valence-corrected chi connectivity index (χ3v) is 7.40. The Kier molecular flexibility index (Phi) is 5.97. The van der Waals surface area contributed by atoms with E-state index in [1.54, 1.807) is 6.07 Å². The number of hydrogen-bond acceptors (Lipinski definition) is 5. The maximum absolute atomic E-state index is 14.5. The molecule has 33 heavy (non-hydrogen) atoms. The van der Waals surface area contributed by atoms with Gasteiger partial charge in [-0.15, -0.1) is 0 Å². The standard InChI is InChI=1S/C18H14Cl2F5N5O2S/c1-29(2)8-27-15-13(16(33(3,31)32)7-17(16,21)22)12(6-26)28-30(15)14-10(19)4-9(5-11(14)20)18(23,24)25/h4-5,8H,7H2,1-3H3. The van der Waals surface area contributed by atoms with Gasteiger partial charge >= 0.3 is 6.18 Å². The number of alkyl halides is 5. The van der Waals surface area contributed by atoms with E-state index in [0.29, 0.717) is 23.1 Å². The van der Waals surface area contributed by atoms with Crippen LogP contribution in [0.4, 0.5) is 27.8 Å². The Morgan fingerprint density at radius 3 is 2.15 bits per heavy atom. The number of aliphatic imine (C=N–C) groups is 1. The first kappa shape index (κ1) is 25.2. The van der Waals surface area contributed by atoms with Crippen molar-refractivity contribution in [2.45, 2.75) is 23.3 Å². The minimum absolute atomic E-state index is 0.396. The Balaban J connectivity index is 2.43. The number of benzene rings is 1. The molecule has 0 bridgehead atoms. The third kappa shape index (κ3) is 4.04. The molecule has 7 nitrogen and oxygen atoms in total. The van der Waals surface area contributed by atoms with Gasteiger partial charge in [0, 0.05) is 26.8 Å². The van der Waals surface area contributed by atoms with Gasteiger partial charge in [0.15, 0.2) is 26.1 Å². The van der Waals surface area contributed by atoms with Gasteiger partial charge in [-0.3, -0.25) is 0 Å². The quantitative estimate of drug-likeness (QED) is 0.321. The highest BCUT2D eigenvalue weighted by Gasteiger charge is 2.80. The van der Waals surface area contributed by atoms with E-state index in [1.165, 1.54) is 19.0 Å². The van der Waals surface area contributed by atoms with E-state index in [1.807, 2.05) is 0 Å². The van der Waals surface area contributed by atoms with Crippen molar-refractivity contribution in [1.29, 1.82) is 5.26 Å². The second-order valence-corrected chi connectivity index (χ2v) is 10.6. The second-order valence-electron chi connectivity index (χ2n) is 7.55.